The molecule has 1 heterocycles. The first-order valence-electron chi connectivity index (χ1n) is 9.14. The fourth-order valence-electron chi connectivity index (χ4n) is 3.56. The van der Waals surface area contributed by atoms with Crippen LogP contribution in [0, 0.1) is 0 Å². The summed E-state index contributed by atoms with van der Waals surface area (Å²) in [6.45, 7) is 5.29. The molecule has 25 heavy (non-hydrogen) atoms. The molecule has 3 aromatic rings. The number of aryl methyl sites for hydroxylation is 1. The van der Waals surface area contributed by atoms with Gasteiger partial charge in [0.2, 0.25) is 0 Å². The summed E-state index contributed by atoms with van der Waals surface area (Å²) in [5.41, 5.74) is 12.4. The van der Waals surface area contributed by atoms with Crippen LogP contribution in [0.1, 0.15) is 43.7 Å². The minimum atomic E-state index is 0.503. The van der Waals surface area contributed by atoms with E-state index in [4.69, 9.17) is 5.73 Å². The van der Waals surface area contributed by atoms with Crippen molar-refractivity contribution >= 4 is 22.7 Å². The van der Waals surface area contributed by atoms with Gasteiger partial charge < -0.3 is 10.7 Å². The van der Waals surface area contributed by atoms with Gasteiger partial charge in [0.05, 0.1) is 5.69 Å². The van der Waals surface area contributed by atoms with Gasteiger partial charge in [-0.25, -0.2) is 0 Å². The first-order chi connectivity index (χ1) is 12.2. The Labute approximate surface area is 155 Å². The molecule has 2 nitrogen and oxygen atoms in total. The third-order valence-electron chi connectivity index (χ3n) is 4.85. The second-order valence-electron chi connectivity index (χ2n) is 6.85. The van der Waals surface area contributed by atoms with E-state index in [9.17, 15) is 0 Å². The standard InChI is InChI=1S/C22H28N2S/c1-15(2)16-11-8-12-18-17(9-6-7-14-23)22(24-21(16)18)19-10-4-5-13-20(19)25-3/h4-5,8,10-13,15,24H,6-7,9,14,23H2,1-3H3. The summed E-state index contributed by atoms with van der Waals surface area (Å²) in [7, 11) is 0. The first-order valence-corrected chi connectivity index (χ1v) is 10.4. The Morgan fingerprint density at radius 3 is 2.56 bits per heavy atom. The Kier molecular flexibility index (Phi) is 5.87. The van der Waals surface area contributed by atoms with E-state index in [0.29, 0.717) is 5.92 Å². The van der Waals surface area contributed by atoms with Crippen molar-refractivity contribution in [3.63, 3.8) is 0 Å². The largest absolute Gasteiger partial charge is 0.354 e. The van der Waals surface area contributed by atoms with Gasteiger partial charge >= 0.3 is 0 Å². The highest BCUT2D eigenvalue weighted by Gasteiger charge is 2.17. The number of unbranched alkanes of at least 4 members (excludes halogenated alkanes) is 1. The van der Waals surface area contributed by atoms with Crippen LogP contribution in [-0.2, 0) is 6.42 Å². The van der Waals surface area contributed by atoms with Gasteiger partial charge in [-0.05, 0) is 55.2 Å². The van der Waals surface area contributed by atoms with Crippen molar-refractivity contribution in [3.8, 4) is 11.3 Å². The number of H-pyrrole nitrogens is 1. The van der Waals surface area contributed by atoms with E-state index in [1.165, 1.54) is 38.2 Å². The molecule has 132 valence electrons. The lowest BCUT2D eigenvalue weighted by molar-refractivity contribution is 0.748. The van der Waals surface area contributed by atoms with Crippen molar-refractivity contribution < 1.29 is 0 Å². The van der Waals surface area contributed by atoms with E-state index in [1.54, 1.807) is 0 Å². The Hall–Kier alpha value is -1.71. The van der Waals surface area contributed by atoms with Gasteiger partial charge in [0.1, 0.15) is 0 Å². The normalized spacial score (nSPS) is 11.6. The molecule has 0 aliphatic rings. The number of nitrogens with two attached hydrogens (primary N) is 1. The summed E-state index contributed by atoms with van der Waals surface area (Å²) in [5.74, 6) is 0.503. The van der Waals surface area contributed by atoms with Crippen molar-refractivity contribution in [2.45, 2.75) is 43.9 Å². The number of aromatic amines is 1. The lowest BCUT2D eigenvalue weighted by atomic mass is 9.96. The smallest absolute Gasteiger partial charge is 0.0508 e. The topological polar surface area (TPSA) is 41.8 Å². The fraction of sp³-hybridized carbons (Fsp3) is 0.364. The van der Waals surface area contributed by atoms with Gasteiger partial charge in [0.25, 0.3) is 0 Å². The zero-order chi connectivity index (χ0) is 17.8. The monoisotopic (exact) mass is 352 g/mol. The molecule has 3 rings (SSSR count). The van der Waals surface area contributed by atoms with E-state index in [0.717, 1.165) is 25.8 Å². The highest BCUT2D eigenvalue weighted by Crippen LogP contribution is 2.38. The number of hydrogen-bond acceptors (Lipinski definition) is 2. The summed E-state index contributed by atoms with van der Waals surface area (Å²) >= 11 is 1.81. The quantitative estimate of drug-likeness (QED) is 0.407. The minimum Gasteiger partial charge on any atom is -0.354 e. The van der Waals surface area contributed by atoms with Gasteiger partial charge in [-0.15, -0.1) is 11.8 Å². The molecule has 1 aromatic heterocycles. The Balaban J connectivity index is 2.22. The molecule has 0 atom stereocenters. The van der Waals surface area contributed by atoms with Crippen molar-refractivity contribution in [2.24, 2.45) is 5.73 Å². The van der Waals surface area contributed by atoms with Gasteiger partial charge in [-0.2, -0.15) is 0 Å². The molecule has 0 amide bonds. The number of para-hydroxylation sites is 1. The van der Waals surface area contributed by atoms with Gasteiger partial charge in [0.15, 0.2) is 0 Å². The van der Waals surface area contributed by atoms with E-state index in [-0.39, 0.29) is 0 Å². The Morgan fingerprint density at radius 1 is 1.04 bits per heavy atom. The molecule has 0 saturated carbocycles. The maximum atomic E-state index is 5.73. The summed E-state index contributed by atoms with van der Waals surface area (Å²) in [6.07, 6.45) is 5.41. The number of thioether (sulfide) groups is 1. The third-order valence-corrected chi connectivity index (χ3v) is 5.65. The summed E-state index contributed by atoms with van der Waals surface area (Å²) in [4.78, 5) is 5.11. The molecule has 0 saturated heterocycles. The summed E-state index contributed by atoms with van der Waals surface area (Å²) < 4.78 is 0. The fourth-order valence-corrected chi connectivity index (χ4v) is 4.17. The Morgan fingerprint density at radius 2 is 1.84 bits per heavy atom. The van der Waals surface area contributed by atoms with Crippen LogP contribution >= 0.6 is 11.8 Å². The Bertz CT molecular complexity index is 848. The number of hydrogen-bond donors (Lipinski definition) is 2. The van der Waals surface area contributed by atoms with Crippen LogP contribution in [0.3, 0.4) is 0 Å². The van der Waals surface area contributed by atoms with Crippen molar-refractivity contribution in [1.29, 1.82) is 0 Å². The SMILES string of the molecule is CSc1ccccc1-c1[nH]c2c(C(C)C)cccc2c1CCCCN. The maximum Gasteiger partial charge on any atom is 0.0508 e. The summed E-state index contributed by atoms with van der Waals surface area (Å²) in [6, 6.07) is 15.4. The highest BCUT2D eigenvalue weighted by molar-refractivity contribution is 7.98. The zero-order valence-electron chi connectivity index (χ0n) is 15.4. The van der Waals surface area contributed by atoms with Gasteiger partial charge in [-0.3, -0.25) is 0 Å². The number of rotatable bonds is 7. The molecular formula is C22H28N2S. The van der Waals surface area contributed by atoms with E-state index in [2.05, 4.69) is 67.6 Å². The molecule has 2 aromatic carbocycles. The number of fused-ring (bicyclic) bond motifs is 1. The molecule has 0 spiro atoms. The third kappa shape index (κ3) is 3.63. The number of nitrogens with one attached hydrogen (secondary N) is 1. The molecule has 0 fully saturated rings. The second-order valence-corrected chi connectivity index (χ2v) is 7.70. The van der Waals surface area contributed by atoms with Gasteiger partial charge in [-0.1, -0.05) is 50.2 Å². The zero-order valence-corrected chi connectivity index (χ0v) is 16.2. The first kappa shape index (κ1) is 18.1. The van der Waals surface area contributed by atoms with Gasteiger partial charge in [0, 0.05) is 21.4 Å². The lowest BCUT2D eigenvalue weighted by Crippen LogP contribution is -1.99. The van der Waals surface area contributed by atoms with Crippen molar-refractivity contribution in [1.82, 2.24) is 4.98 Å². The molecule has 0 unspecified atom stereocenters. The predicted octanol–water partition coefficient (Wildman–Crippen LogP) is 5.96. The predicted molar refractivity (Wildman–Crippen MR) is 112 cm³/mol. The van der Waals surface area contributed by atoms with Crippen molar-refractivity contribution in [3.05, 3.63) is 53.6 Å². The average molecular weight is 353 g/mol. The number of benzene rings is 2. The van der Waals surface area contributed by atoms with E-state index >= 15 is 0 Å². The molecule has 0 bridgehead atoms. The van der Waals surface area contributed by atoms with Crippen LogP contribution in [0.2, 0.25) is 0 Å². The van der Waals surface area contributed by atoms with Crippen LogP contribution in [0.4, 0.5) is 0 Å². The van der Waals surface area contributed by atoms with Crippen LogP contribution in [0.5, 0.6) is 0 Å². The van der Waals surface area contributed by atoms with E-state index < -0.39 is 0 Å². The summed E-state index contributed by atoms with van der Waals surface area (Å²) in [5, 5.41) is 1.37. The minimum absolute atomic E-state index is 0.503. The lowest BCUT2D eigenvalue weighted by Gasteiger charge is -2.09. The van der Waals surface area contributed by atoms with Crippen LogP contribution in [0.25, 0.3) is 22.2 Å². The second kappa shape index (κ2) is 8.11. The molecule has 0 aliphatic carbocycles. The number of aromatic nitrogens is 1. The van der Waals surface area contributed by atoms with Crippen LogP contribution in [0.15, 0.2) is 47.4 Å². The van der Waals surface area contributed by atoms with Crippen LogP contribution in [-0.4, -0.2) is 17.8 Å². The molecule has 3 heteroatoms. The van der Waals surface area contributed by atoms with Crippen molar-refractivity contribution in [2.75, 3.05) is 12.8 Å². The highest BCUT2D eigenvalue weighted by atomic mass is 32.2. The maximum absolute atomic E-state index is 5.73. The molecule has 0 aliphatic heterocycles. The molecule has 3 N–H and O–H groups in total. The van der Waals surface area contributed by atoms with E-state index in [1.807, 2.05) is 11.8 Å². The average Bonchev–Trinajstić information content (AvgIpc) is 3.00. The molecule has 0 radical (unpaired) electrons. The molecular weight excluding hydrogens is 324 g/mol. The van der Waals surface area contributed by atoms with Crippen LogP contribution < -0.4 is 5.73 Å².